The Kier molecular flexibility index (Phi) is 7.57. The SMILES string of the molecule is c1ccc(N(c2ccc(-c3cccc4oc5ccccc5c34)cc2)c2ccccc2-n2c3ccccc3c3ccccc32)c(-c2cccc3oc4c5ccccc5ccc4c23)c1. The van der Waals surface area contributed by atoms with Crippen molar-refractivity contribution in [2.75, 3.05) is 4.90 Å². The predicted molar refractivity (Wildman–Crippen MR) is 258 cm³/mol. The zero-order chi connectivity index (χ0) is 40.7. The molecule has 0 atom stereocenters. The minimum absolute atomic E-state index is 0.867. The van der Waals surface area contributed by atoms with Gasteiger partial charge in [0, 0.05) is 49.0 Å². The normalized spacial score (nSPS) is 11.9. The maximum Gasteiger partial charge on any atom is 0.143 e. The molecule has 0 radical (unpaired) electrons. The van der Waals surface area contributed by atoms with E-state index < -0.39 is 0 Å². The molecule has 10 aromatic carbocycles. The fraction of sp³-hybridized carbons (Fsp3) is 0. The van der Waals surface area contributed by atoms with Gasteiger partial charge in [-0.05, 0) is 88.8 Å². The molecule has 0 saturated heterocycles. The molecule has 0 bridgehead atoms. The first kappa shape index (κ1) is 34.5. The van der Waals surface area contributed by atoms with E-state index in [1.807, 2.05) is 12.1 Å². The Hall–Kier alpha value is -8.34. The van der Waals surface area contributed by atoms with Gasteiger partial charge in [0.25, 0.3) is 0 Å². The lowest BCUT2D eigenvalue weighted by atomic mass is 9.95. The number of hydrogen-bond acceptors (Lipinski definition) is 3. The molecule has 0 aliphatic carbocycles. The molecule has 0 saturated carbocycles. The smallest absolute Gasteiger partial charge is 0.143 e. The number of anilines is 3. The van der Waals surface area contributed by atoms with E-state index in [9.17, 15) is 0 Å². The Morgan fingerprint density at radius 1 is 0.339 bits per heavy atom. The molecule has 0 N–H and O–H groups in total. The second kappa shape index (κ2) is 13.6. The number of hydrogen-bond donors (Lipinski definition) is 0. The van der Waals surface area contributed by atoms with Crippen molar-refractivity contribution in [3.8, 4) is 27.9 Å². The minimum atomic E-state index is 0.867. The van der Waals surface area contributed by atoms with Gasteiger partial charge in [0.15, 0.2) is 0 Å². The quantitative estimate of drug-likeness (QED) is 0.168. The highest BCUT2D eigenvalue weighted by Gasteiger charge is 2.25. The van der Waals surface area contributed by atoms with Crippen LogP contribution < -0.4 is 4.90 Å². The molecule has 0 unspecified atom stereocenters. The largest absolute Gasteiger partial charge is 0.456 e. The molecule has 0 fully saturated rings. The molecule has 13 rings (SSSR count). The van der Waals surface area contributed by atoms with Gasteiger partial charge in [-0.15, -0.1) is 0 Å². The highest BCUT2D eigenvalue weighted by molar-refractivity contribution is 6.20. The van der Waals surface area contributed by atoms with E-state index in [4.69, 9.17) is 8.83 Å². The van der Waals surface area contributed by atoms with Crippen molar-refractivity contribution in [2.45, 2.75) is 0 Å². The van der Waals surface area contributed by atoms with Crippen LogP contribution in [0.5, 0.6) is 0 Å². The second-order valence-corrected chi connectivity index (χ2v) is 16.0. The average Bonchev–Trinajstić information content (AvgIpc) is 4.02. The lowest BCUT2D eigenvalue weighted by Gasteiger charge is -2.30. The van der Waals surface area contributed by atoms with E-state index in [0.717, 1.165) is 111 Å². The number of furan rings is 2. The van der Waals surface area contributed by atoms with Crippen molar-refractivity contribution >= 4 is 93.5 Å². The lowest BCUT2D eigenvalue weighted by molar-refractivity contribution is 0.669. The van der Waals surface area contributed by atoms with E-state index >= 15 is 0 Å². The summed E-state index contributed by atoms with van der Waals surface area (Å²) in [6.45, 7) is 0. The molecule has 62 heavy (non-hydrogen) atoms. The molecular formula is C58H36N2O2. The third-order valence-corrected chi connectivity index (χ3v) is 12.6. The Morgan fingerprint density at radius 3 is 1.69 bits per heavy atom. The second-order valence-electron chi connectivity index (χ2n) is 16.0. The van der Waals surface area contributed by atoms with Gasteiger partial charge in [-0.2, -0.15) is 0 Å². The summed E-state index contributed by atoms with van der Waals surface area (Å²) in [4.78, 5) is 2.43. The Labute approximate surface area is 356 Å². The third-order valence-electron chi connectivity index (χ3n) is 12.6. The van der Waals surface area contributed by atoms with Crippen LogP contribution in [0.15, 0.2) is 227 Å². The summed E-state index contributed by atoms with van der Waals surface area (Å²) >= 11 is 0. The minimum Gasteiger partial charge on any atom is -0.456 e. The molecule has 4 heteroatoms. The zero-order valence-electron chi connectivity index (χ0n) is 33.5. The first-order chi connectivity index (χ1) is 30.8. The average molecular weight is 793 g/mol. The van der Waals surface area contributed by atoms with Crippen LogP contribution in [0.4, 0.5) is 17.1 Å². The van der Waals surface area contributed by atoms with Crippen LogP contribution in [0.3, 0.4) is 0 Å². The summed E-state index contributed by atoms with van der Waals surface area (Å²) < 4.78 is 15.5. The number of fused-ring (bicyclic) bond motifs is 11. The lowest BCUT2D eigenvalue weighted by Crippen LogP contribution is -2.14. The van der Waals surface area contributed by atoms with Crippen molar-refractivity contribution in [2.24, 2.45) is 0 Å². The fourth-order valence-corrected chi connectivity index (χ4v) is 9.91. The highest BCUT2D eigenvalue weighted by Crippen LogP contribution is 2.48. The first-order valence-corrected chi connectivity index (χ1v) is 21.1. The van der Waals surface area contributed by atoms with Crippen LogP contribution >= 0.6 is 0 Å². The zero-order valence-corrected chi connectivity index (χ0v) is 33.5. The van der Waals surface area contributed by atoms with Crippen LogP contribution in [-0.4, -0.2) is 4.57 Å². The van der Waals surface area contributed by atoms with Gasteiger partial charge in [0.05, 0.1) is 28.1 Å². The summed E-state index contributed by atoms with van der Waals surface area (Å²) in [5.41, 5.74) is 14.6. The van der Waals surface area contributed by atoms with Crippen LogP contribution in [0, 0.1) is 0 Å². The van der Waals surface area contributed by atoms with E-state index in [-0.39, 0.29) is 0 Å². The predicted octanol–water partition coefficient (Wildman–Crippen LogP) is 16.5. The standard InChI is InChI=1S/C58H36N2O2/c1-2-16-41-37(15-1)33-36-47-57-45(22-14-30-55(57)62-58(41)47)44-19-5-7-23-48(44)59(39-34-31-38(32-35-39)40-21-13-29-54-56(40)46-20-6-12-28-53(46)61-54)51-26-10-11-27-52(51)60-49-24-8-3-17-42(49)43-18-4-9-25-50(43)60/h1-36H. The molecule has 4 nitrogen and oxygen atoms in total. The highest BCUT2D eigenvalue weighted by atomic mass is 16.3. The maximum absolute atomic E-state index is 6.73. The molecule has 290 valence electrons. The molecule has 0 amide bonds. The molecule has 0 aliphatic rings. The van der Waals surface area contributed by atoms with Crippen LogP contribution in [-0.2, 0) is 0 Å². The molecule has 0 aliphatic heterocycles. The van der Waals surface area contributed by atoms with E-state index in [0.29, 0.717) is 0 Å². The summed E-state index contributed by atoms with van der Waals surface area (Å²) in [6, 6.07) is 78.0. The first-order valence-electron chi connectivity index (χ1n) is 21.1. The number of para-hydroxylation sites is 6. The van der Waals surface area contributed by atoms with Crippen molar-refractivity contribution in [3.05, 3.63) is 218 Å². The van der Waals surface area contributed by atoms with E-state index in [1.165, 1.54) is 10.8 Å². The van der Waals surface area contributed by atoms with Gasteiger partial charge in [-0.1, -0.05) is 152 Å². The van der Waals surface area contributed by atoms with Gasteiger partial charge < -0.3 is 18.3 Å². The molecule has 13 aromatic rings. The van der Waals surface area contributed by atoms with E-state index in [2.05, 4.69) is 216 Å². The molecular weight excluding hydrogens is 757 g/mol. The Balaban J connectivity index is 1.07. The van der Waals surface area contributed by atoms with Gasteiger partial charge in [0.2, 0.25) is 0 Å². The number of rotatable bonds is 6. The number of nitrogens with zero attached hydrogens (tertiary/aromatic N) is 2. The van der Waals surface area contributed by atoms with Crippen molar-refractivity contribution in [3.63, 3.8) is 0 Å². The van der Waals surface area contributed by atoms with Crippen LogP contribution in [0.2, 0.25) is 0 Å². The number of benzene rings is 10. The van der Waals surface area contributed by atoms with Crippen LogP contribution in [0.1, 0.15) is 0 Å². The maximum atomic E-state index is 6.73. The summed E-state index contributed by atoms with van der Waals surface area (Å²) in [6.07, 6.45) is 0. The summed E-state index contributed by atoms with van der Waals surface area (Å²) in [5, 5.41) is 9.17. The number of aromatic nitrogens is 1. The van der Waals surface area contributed by atoms with Gasteiger partial charge in [-0.3, -0.25) is 0 Å². The third kappa shape index (κ3) is 5.14. The summed E-state index contributed by atoms with van der Waals surface area (Å²) in [5.74, 6) is 0. The fourth-order valence-electron chi connectivity index (χ4n) is 9.91. The van der Waals surface area contributed by atoms with Gasteiger partial charge in [0.1, 0.15) is 22.3 Å². The van der Waals surface area contributed by atoms with Gasteiger partial charge in [-0.25, -0.2) is 0 Å². The van der Waals surface area contributed by atoms with Crippen molar-refractivity contribution < 1.29 is 8.83 Å². The molecule has 3 aromatic heterocycles. The topological polar surface area (TPSA) is 34.5 Å². The molecule has 3 heterocycles. The Bertz CT molecular complexity index is 3830. The molecule has 0 spiro atoms. The van der Waals surface area contributed by atoms with Gasteiger partial charge >= 0.3 is 0 Å². The van der Waals surface area contributed by atoms with E-state index in [1.54, 1.807) is 0 Å². The van der Waals surface area contributed by atoms with Crippen molar-refractivity contribution in [1.82, 2.24) is 4.57 Å². The van der Waals surface area contributed by atoms with Crippen molar-refractivity contribution in [1.29, 1.82) is 0 Å². The Morgan fingerprint density at radius 2 is 0.903 bits per heavy atom. The van der Waals surface area contributed by atoms with Crippen LogP contribution in [0.25, 0.3) is 104 Å². The summed E-state index contributed by atoms with van der Waals surface area (Å²) in [7, 11) is 0. The monoisotopic (exact) mass is 792 g/mol.